The molecule has 0 saturated carbocycles. The summed E-state index contributed by atoms with van der Waals surface area (Å²) in [5.41, 5.74) is 1.27. The van der Waals surface area contributed by atoms with E-state index in [1.165, 1.54) is 5.56 Å². The second-order valence-corrected chi connectivity index (χ2v) is 4.77. The molecule has 1 atom stereocenters. The minimum Gasteiger partial charge on any atom is -0.396 e. The molecule has 4 heteroatoms. The predicted octanol–water partition coefficient (Wildman–Crippen LogP) is 1.96. The normalized spacial score (nSPS) is 12.4. The number of thiophene rings is 1. The summed E-state index contributed by atoms with van der Waals surface area (Å²) in [6.07, 6.45) is 2.85. The Hall–Kier alpha value is -0.870. The maximum absolute atomic E-state index is 11.5. The number of hydrogen-bond donors (Lipinski definition) is 2. The van der Waals surface area contributed by atoms with E-state index in [0.29, 0.717) is 12.8 Å². The first-order valence-electron chi connectivity index (χ1n) is 5.63. The Labute approximate surface area is 100 Å². The summed E-state index contributed by atoms with van der Waals surface area (Å²) in [7, 11) is 0. The Morgan fingerprint density at radius 2 is 2.38 bits per heavy atom. The first kappa shape index (κ1) is 13.2. The summed E-state index contributed by atoms with van der Waals surface area (Å²) in [4.78, 5) is 11.5. The lowest BCUT2D eigenvalue weighted by Crippen LogP contribution is -2.33. The molecule has 1 rings (SSSR count). The second kappa shape index (κ2) is 7.41. The zero-order chi connectivity index (χ0) is 11.8. The number of carbonyl (C=O) groups is 1. The predicted molar refractivity (Wildman–Crippen MR) is 66.6 cm³/mol. The number of hydrogen-bond acceptors (Lipinski definition) is 3. The van der Waals surface area contributed by atoms with Crippen molar-refractivity contribution in [3.8, 4) is 0 Å². The van der Waals surface area contributed by atoms with Gasteiger partial charge >= 0.3 is 0 Å². The van der Waals surface area contributed by atoms with Crippen molar-refractivity contribution in [3.63, 3.8) is 0 Å². The smallest absolute Gasteiger partial charge is 0.220 e. The molecule has 0 aliphatic heterocycles. The van der Waals surface area contributed by atoms with E-state index in [4.69, 9.17) is 5.11 Å². The molecule has 1 heterocycles. The van der Waals surface area contributed by atoms with Gasteiger partial charge in [-0.2, -0.15) is 11.3 Å². The average molecular weight is 241 g/mol. The minimum atomic E-state index is 0.0798. The maximum Gasteiger partial charge on any atom is 0.220 e. The quantitative estimate of drug-likeness (QED) is 0.717. The van der Waals surface area contributed by atoms with E-state index in [9.17, 15) is 4.79 Å². The van der Waals surface area contributed by atoms with Gasteiger partial charge in [0.2, 0.25) is 5.91 Å². The van der Waals surface area contributed by atoms with Crippen LogP contribution in [-0.2, 0) is 11.2 Å². The Bertz CT molecular complexity index is 298. The van der Waals surface area contributed by atoms with Crippen LogP contribution in [0.1, 0.15) is 31.7 Å². The second-order valence-electron chi connectivity index (χ2n) is 3.98. The van der Waals surface area contributed by atoms with Crippen LogP contribution in [-0.4, -0.2) is 23.7 Å². The standard InChI is InChI=1S/C12H19NO2S/c1-10(8-11-5-7-16-9-11)13-12(15)4-2-3-6-14/h5,7,9-10,14H,2-4,6,8H2,1H3,(H,13,15). The van der Waals surface area contributed by atoms with Crippen LogP contribution in [0.2, 0.25) is 0 Å². The number of nitrogens with one attached hydrogen (secondary N) is 1. The van der Waals surface area contributed by atoms with Crippen LogP contribution >= 0.6 is 11.3 Å². The monoisotopic (exact) mass is 241 g/mol. The molecule has 2 N–H and O–H groups in total. The van der Waals surface area contributed by atoms with Gasteiger partial charge in [-0.1, -0.05) is 0 Å². The summed E-state index contributed by atoms with van der Waals surface area (Å²) in [5, 5.41) is 15.7. The molecule has 1 amide bonds. The topological polar surface area (TPSA) is 49.3 Å². The largest absolute Gasteiger partial charge is 0.396 e. The van der Waals surface area contributed by atoms with E-state index in [1.54, 1.807) is 11.3 Å². The van der Waals surface area contributed by atoms with Gasteiger partial charge in [-0.25, -0.2) is 0 Å². The van der Waals surface area contributed by atoms with Crippen LogP contribution in [0.5, 0.6) is 0 Å². The fourth-order valence-corrected chi connectivity index (χ4v) is 2.24. The molecule has 90 valence electrons. The minimum absolute atomic E-state index is 0.0798. The maximum atomic E-state index is 11.5. The van der Waals surface area contributed by atoms with Crippen LogP contribution in [0.15, 0.2) is 16.8 Å². The first-order chi connectivity index (χ1) is 7.72. The van der Waals surface area contributed by atoms with Crippen molar-refractivity contribution in [2.75, 3.05) is 6.61 Å². The van der Waals surface area contributed by atoms with Gasteiger partial charge in [0, 0.05) is 19.1 Å². The van der Waals surface area contributed by atoms with E-state index >= 15 is 0 Å². The number of aliphatic hydroxyl groups excluding tert-OH is 1. The van der Waals surface area contributed by atoms with Crippen LogP contribution in [0, 0.1) is 0 Å². The van der Waals surface area contributed by atoms with E-state index in [0.717, 1.165) is 12.8 Å². The molecule has 0 saturated heterocycles. The van der Waals surface area contributed by atoms with Crippen molar-refractivity contribution >= 4 is 17.2 Å². The zero-order valence-electron chi connectivity index (χ0n) is 9.61. The van der Waals surface area contributed by atoms with Crippen LogP contribution in [0.4, 0.5) is 0 Å². The van der Waals surface area contributed by atoms with E-state index in [1.807, 2.05) is 12.3 Å². The number of amides is 1. The Kier molecular flexibility index (Phi) is 6.11. The van der Waals surface area contributed by atoms with Crippen LogP contribution in [0.25, 0.3) is 0 Å². The zero-order valence-corrected chi connectivity index (χ0v) is 10.4. The first-order valence-corrected chi connectivity index (χ1v) is 6.58. The lowest BCUT2D eigenvalue weighted by molar-refractivity contribution is -0.121. The summed E-state index contributed by atoms with van der Waals surface area (Å²) in [6.45, 7) is 2.18. The van der Waals surface area contributed by atoms with E-state index in [-0.39, 0.29) is 18.6 Å². The highest BCUT2D eigenvalue weighted by Gasteiger charge is 2.07. The number of carbonyl (C=O) groups excluding carboxylic acids is 1. The van der Waals surface area contributed by atoms with Crippen LogP contribution < -0.4 is 5.32 Å². The Morgan fingerprint density at radius 1 is 1.56 bits per heavy atom. The van der Waals surface area contributed by atoms with E-state index in [2.05, 4.69) is 16.8 Å². The fourth-order valence-electron chi connectivity index (χ4n) is 1.56. The molecular formula is C12H19NO2S. The molecule has 0 aliphatic rings. The summed E-state index contributed by atoms with van der Waals surface area (Å²) < 4.78 is 0. The summed E-state index contributed by atoms with van der Waals surface area (Å²) >= 11 is 1.68. The summed E-state index contributed by atoms with van der Waals surface area (Å²) in [6, 6.07) is 2.26. The molecule has 1 unspecified atom stereocenters. The lowest BCUT2D eigenvalue weighted by Gasteiger charge is -2.12. The molecule has 0 spiro atoms. The van der Waals surface area contributed by atoms with Gasteiger partial charge in [0.25, 0.3) is 0 Å². The molecule has 1 aromatic rings. The third-order valence-electron chi connectivity index (χ3n) is 2.34. The average Bonchev–Trinajstić information content (AvgIpc) is 2.70. The van der Waals surface area contributed by atoms with Gasteiger partial charge < -0.3 is 10.4 Å². The van der Waals surface area contributed by atoms with Gasteiger partial charge in [-0.05, 0) is 48.6 Å². The molecular weight excluding hydrogens is 222 g/mol. The van der Waals surface area contributed by atoms with E-state index < -0.39 is 0 Å². The molecule has 1 aromatic heterocycles. The van der Waals surface area contributed by atoms with Crippen molar-refractivity contribution in [2.45, 2.75) is 38.6 Å². The van der Waals surface area contributed by atoms with Gasteiger partial charge in [0.15, 0.2) is 0 Å². The highest BCUT2D eigenvalue weighted by Crippen LogP contribution is 2.08. The van der Waals surface area contributed by atoms with Gasteiger partial charge in [0.05, 0.1) is 0 Å². The molecule has 3 nitrogen and oxygen atoms in total. The SMILES string of the molecule is CC(Cc1ccsc1)NC(=O)CCCCO. The van der Waals surface area contributed by atoms with Gasteiger partial charge in [-0.15, -0.1) is 0 Å². The molecule has 0 bridgehead atoms. The highest BCUT2D eigenvalue weighted by atomic mass is 32.1. The molecule has 0 fully saturated rings. The van der Waals surface area contributed by atoms with Crippen molar-refractivity contribution in [3.05, 3.63) is 22.4 Å². The molecule has 0 radical (unpaired) electrons. The third kappa shape index (κ3) is 5.28. The molecule has 0 aliphatic carbocycles. The van der Waals surface area contributed by atoms with Gasteiger partial charge in [-0.3, -0.25) is 4.79 Å². The molecule has 0 aromatic carbocycles. The van der Waals surface area contributed by atoms with Crippen molar-refractivity contribution in [2.24, 2.45) is 0 Å². The molecule has 16 heavy (non-hydrogen) atoms. The van der Waals surface area contributed by atoms with Gasteiger partial charge in [0.1, 0.15) is 0 Å². The lowest BCUT2D eigenvalue weighted by atomic mass is 10.1. The number of aliphatic hydroxyl groups is 1. The van der Waals surface area contributed by atoms with Crippen molar-refractivity contribution in [1.82, 2.24) is 5.32 Å². The van der Waals surface area contributed by atoms with Crippen molar-refractivity contribution < 1.29 is 9.90 Å². The Balaban J connectivity index is 2.18. The van der Waals surface area contributed by atoms with Crippen LogP contribution in [0.3, 0.4) is 0 Å². The van der Waals surface area contributed by atoms with Crippen molar-refractivity contribution in [1.29, 1.82) is 0 Å². The highest BCUT2D eigenvalue weighted by molar-refractivity contribution is 7.07. The number of unbranched alkanes of at least 4 members (excludes halogenated alkanes) is 1. The third-order valence-corrected chi connectivity index (χ3v) is 3.07. The Morgan fingerprint density at radius 3 is 3.00 bits per heavy atom. The fraction of sp³-hybridized carbons (Fsp3) is 0.583. The number of rotatable bonds is 7. The summed E-state index contributed by atoms with van der Waals surface area (Å²) in [5.74, 6) is 0.0798.